The van der Waals surface area contributed by atoms with E-state index in [9.17, 15) is 31.1 Å². The van der Waals surface area contributed by atoms with E-state index in [0.29, 0.717) is 22.6 Å². The molecule has 0 radical (unpaired) electrons. The number of rotatable bonds is 5. The van der Waals surface area contributed by atoms with Crippen LogP contribution in [0.15, 0.2) is 47.2 Å². The van der Waals surface area contributed by atoms with Crippen LogP contribution in [0.5, 0.6) is 0 Å². The van der Waals surface area contributed by atoms with Crippen LogP contribution in [0.2, 0.25) is 0 Å². The Morgan fingerprint density at radius 2 is 1.66 bits per heavy atom. The highest BCUT2D eigenvalue weighted by Gasteiger charge is 2.56. The molecule has 0 saturated carbocycles. The van der Waals surface area contributed by atoms with Gasteiger partial charge in [-0.1, -0.05) is 29.5 Å². The standard InChI is InChI=1S/C26H28F6N4O2/c1-15-8-19(9-16(2)34-15)24(36-12-20(25(27,28)29)10-21(13-36)26(30,31)32)7-5-4-6-18(24)11-33-23(37)22-14-38-35-17(22)3/h4-9,14,18,20-21H,10-13H2,1-3H3,(H,33,37)/t18?,20-,21+,24?. The lowest BCUT2D eigenvalue weighted by Crippen LogP contribution is -2.60. The number of aromatic nitrogens is 2. The van der Waals surface area contributed by atoms with Gasteiger partial charge in [-0.05, 0) is 44.9 Å². The largest absolute Gasteiger partial charge is 0.393 e. The quantitative estimate of drug-likeness (QED) is 0.511. The minimum absolute atomic E-state index is 0.0609. The van der Waals surface area contributed by atoms with Crippen molar-refractivity contribution in [3.8, 4) is 0 Å². The van der Waals surface area contributed by atoms with Gasteiger partial charge in [-0.15, -0.1) is 0 Å². The molecule has 12 heteroatoms. The minimum Gasteiger partial charge on any atom is -0.364 e. The summed E-state index contributed by atoms with van der Waals surface area (Å²) in [5, 5.41) is 6.44. The van der Waals surface area contributed by atoms with Crippen molar-refractivity contribution in [2.24, 2.45) is 17.8 Å². The first-order valence-corrected chi connectivity index (χ1v) is 12.1. The second-order valence-electron chi connectivity index (χ2n) is 9.96. The van der Waals surface area contributed by atoms with E-state index in [0.717, 1.165) is 0 Å². The van der Waals surface area contributed by atoms with E-state index in [1.807, 2.05) is 0 Å². The average molecular weight is 543 g/mol. The van der Waals surface area contributed by atoms with Crippen LogP contribution in [0.1, 0.15) is 39.4 Å². The monoisotopic (exact) mass is 542 g/mol. The van der Waals surface area contributed by atoms with Crippen LogP contribution < -0.4 is 5.32 Å². The second-order valence-corrected chi connectivity index (χ2v) is 9.96. The van der Waals surface area contributed by atoms with Crippen molar-refractivity contribution < 1.29 is 35.7 Å². The molecule has 6 nitrogen and oxygen atoms in total. The summed E-state index contributed by atoms with van der Waals surface area (Å²) in [6.07, 6.45) is -2.84. The lowest BCUT2D eigenvalue weighted by Gasteiger charge is -2.52. The van der Waals surface area contributed by atoms with Gasteiger partial charge >= 0.3 is 12.4 Å². The predicted octanol–water partition coefficient (Wildman–Crippen LogP) is 5.43. The molecule has 1 aliphatic heterocycles. The number of carbonyl (C=O) groups is 1. The Morgan fingerprint density at radius 3 is 2.18 bits per heavy atom. The number of hydrogen-bond donors (Lipinski definition) is 1. The third-order valence-corrected chi connectivity index (χ3v) is 7.29. The maximum Gasteiger partial charge on any atom is 0.393 e. The van der Waals surface area contributed by atoms with Crippen molar-refractivity contribution >= 4 is 5.91 Å². The molecule has 1 fully saturated rings. The summed E-state index contributed by atoms with van der Waals surface area (Å²) in [5.74, 6) is -5.54. The second kappa shape index (κ2) is 10.2. The molecule has 38 heavy (non-hydrogen) atoms. The molecule has 0 bridgehead atoms. The molecule has 2 aromatic rings. The van der Waals surface area contributed by atoms with Crippen molar-refractivity contribution in [1.29, 1.82) is 0 Å². The van der Waals surface area contributed by atoms with E-state index in [1.165, 1.54) is 11.2 Å². The third-order valence-electron chi connectivity index (χ3n) is 7.29. The van der Waals surface area contributed by atoms with Crippen LogP contribution in [0.3, 0.4) is 0 Å². The molecule has 2 unspecified atom stereocenters. The average Bonchev–Trinajstić information content (AvgIpc) is 3.26. The first kappa shape index (κ1) is 27.9. The Balaban J connectivity index is 1.80. The Morgan fingerprint density at radius 1 is 1.05 bits per heavy atom. The van der Waals surface area contributed by atoms with Gasteiger partial charge < -0.3 is 9.84 Å². The fourth-order valence-corrected chi connectivity index (χ4v) is 5.48. The topological polar surface area (TPSA) is 71.3 Å². The van der Waals surface area contributed by atoms with E-state index in [-0.39, 0.29) is 12.1 Å². The molecule has 2 aromatic heterocycles. The number of allylic oxidation sites excluding steroid dienone is 2. The molecular weight excluding hydrogens is 514 g/mol. The van der Waals surface area contributed by atoms with Crippen molar-refractivity contribution in [2.75, 3.05) is 19.6 Å². The number of nitrogens with zero attached hydrogens (tertiary/aromatic N) is 3. The Kier molecular flexibility index (Phi) is 7.48. The molecule has 1 amide bonds. The number of amides is 1. The summed E-state index contributed by atoms with van der Waals surface area (Å²) in [6, 6.07) is 3.35. The highest BCUT2D eigenvalue weighted by Crippen LogP contribution is 2.48. The molecule has 4 rings (SSSR count). The number of aryl methyl sites for hydroxylation is 3. The lowest BCUT2D eigenvalue weighted by atomic mass is 9.71. The van der Waals surface area contributed by atoms with Crippen LogP contribution in [0.25, 0.3) is 0 Å². The maximum atomic E-state index is 13.9. The molecule has 4 atom stereocenters. The van der Waals surface area contributed by atoms with Crippen molar-refractivity contribution in [2.45, 2.75) is 45.1 Å². The summed E-state index contributed by atoms with van der Waals surface area (Å²) in [4.78, 5) is 18.4. The van der Waals surface area contributed by atoms with E-state index in [1.54, 1.807) is 57.2 Å². The Bertz CT molecular complexity index is 1190. The van der Waals surface area contributed by atoms with Crippen molar-refractivity contribution in [1.82, 2.24) is 20.4 Å². The number of halogens is 6. The highest BCUT2D eigenvalue weighted by atomic mass is 19.4. The predicted molar refractivity (Wildman–Crippen MR) is 126 cm³/mol. The van der Waals surface area contributed by atoms with Crippen LogP contribution in [-0.4, -0.2) is 52.9 Å². The number of carbonyl (C=O) groups excluding carboxylic acids is 1. The van der Waals surface area contributed by atoms with Gasteiger partial charge in [0.15, 0.2) is 0 Å². The van der Waals surface area contributed by atoms with E-state index < -0.39 is 61.1 Å². The van der Waals surface area contributed by atoms with Gasteiger partial charge in [0.2, 0.25) is 0 Å². The maximum absolute atomic E-state index is 13.9. The fourth-order valence-electron chi connectivity index (χ4n) is 5.48. The Labute approximate surface area is 215 Å². The van der Waals surface area contributed by atoms with E-state index >= 15 is 0 Å². The van der Waals surface area contributed by atoms with Gasteiger partial charge in [-0.2, -0.15) is 26.3 Å². The SMILES string of the molecule is Cc1cc(C2(N3C[C@H](C(F)(F)F)C[C@H](C(F)(F)F)C3)C=CC=CC2CNC(=O)c2conc2C)cc(C)n1. The summed E-state index contributed by atoms with van der Waals surface area (Å²) in [6.45, 7) is 3.70. The first-order valence-electron chi connectivity index (χ1n) is 12.1. The number of nitrogens with one attached hydrogen (secondary N) is 1. The number of hydrogen-bond acceptors (Lipinski definition) is 5. The first-order chi connectivity index (χ1) is 17.7. The molecule has 1 saturated heterocycles. The zero-order valence-electron chi connectivity index (χ0n) is 21.0. The molecule has 2 aliphatic rings. The number of pyridine rings is 1. The number of likely N-dealkylation sites (tertiary alicyclic amines) is 1. The van der Waals surface area contributed by atoms with Crippen molar-refractivity contribution in [3.63, 3.8) is 0 Å². The van der Waals surface area contributed by atoms with Gasteiger partial charge in [0, 0.05) is 36.9 Å². The molecule has 1 N–H and O–H groups in total. The lowest BCUT2D eigenvalue weighted by molar-refractivity contribution is -0.238. The zero-order chi connectivity index (χ0) is 27.9. The van der Waals surface area contributed by atoms with Crippen LogP contribution in [0, 0.1) is 38.5 Å². The summed E-state index contributed by atoms with van der Waals surface area (Å²) in [7, 11) is 0. The van der Waals surface area contributed by atoms with Gasteiger partial charge in [-0.25, -0.2) is 0 Å². The summed E-state index contributed by atoms with van der Waals surface area (Å²) < 4.78 is 88.4. The molecular formula is C26H28F6N4O2. The van der Waals surface area contributed by atoms with E-state index in [4.69, 9.17) is 4.52 Å². The normalized spacial score (nSPS) is 26.5. The zero-order valence-corrected chi connectivity index (χ0v) is 21.0. The van der Waals surface area contributed by atoms with E-state index in [2.05, 4.69) is 15.5 Å². The smallest absolute Gasteiger partial charge is 0.364 e. The van der Waals surface area contributed by atoms with Crippen LogP contribution >= 0.6 is 0 Å². The Hall–Kier alpha value is -3.15. The van der Waals surface area contributed by atoms with Crippen LogP contribution in [0.4, 0.5) is 26.3 Å². The van der Waals surface area contributed by atoms with Crippen molar-refractivity contribution in [3.05, 3.63) is 70.9 Å². The summed E-state index contributed by atoms with van der Waals surface area (Å²) in [5.41, 5.74) is 0.785. The molecule has 206 valence electrons. The number of alkyl halides is 6. The summed E-state index contributed by atoms with van der Waals surface area (Å²) >= 11 is 0. The van der Waals surface area contributed by atoms with Gasteiger partial charge in [0.05, 0.1) is 23.1 Å². The molecule has 1 aliphatic carbocycles. The third kappa shape index (κ3) is 5.50. The molecule has 0 aromatic carbocycles. The van der Waals surface area contributed by atoms with Gasteiger partial charge in [0.25, 0.3) is 5.91 Å². The van der Waals surface area contributed by atoms with Crippen LogP contribution in [-0.2, 0) is 5.54 Å². The fraction of sp³-hybridized carbons (Fsp3) is 0.500. The minimum atomic E-state index is -4.81. The molecule has 0 spiro atoms. The van der Waals surface area contributed by atoms with Gasteiger partial charge in [0.1, 0.15) is 11.8 Å². The number of piperidine rings is 1. The van der Waals surface area contributed by atoms with Gasteiger partial charge in [-0.3, -0.25) is 14.7 Å². The molecule has 3 heterocycles. The highest BCUT2D eigenvalue weighted by molar-refractivity contribution is 5.94.